The summed E-state index contributed by atoms with van der Waals surface area (Å²) in [5.41, 5.74) is 2.78. The average molecular weight is 398 g/mol. The second-order valence-electron chi connectivity index (χ2n) is 6.29. The summed E-state index contributed by atoms with van der Waals surface area (Å²) >= 11 is 7.56. The molecule has 1 amide bonds. The third kappa shape index (κ3) is 3.43. The van der Waals surface area contributed by atoms with Crippen molar-refractivity contribution in [3.8, 4) is 11.3 Å². The molecule has 8 heteroatoms. The SMILES string of the molecule is CC(C)n1ncc2cc(C(=O)Nc3nc(-c4ccccc4Cl)cs3)cnc21. The van der Waals surface area contributed by atoms with Crippen LogP contribution < -0.4 is 5.32 Å². The summed E-state index contributed by atoms with van der Waals surface area (Å²) < 4.78 is 1.83. The molecule has 0 spiro atoms. The molecule has 0 aliphatic rings. The Morgan fingerprint density at radius 3 is 2.85 bits per heavy atom. The predicted molar refractivity (Wildman–Crippen MR) is 108 cm³/mol. The lowest BCUT2D eigenvalue weighted by molar-refractivity contribution is 0.102. The van der Waals surface area contributed by atoms with Crippen LogP contribution in [0.3, 0.4) is 0 Å². The van der Waals surface area contributed by atoms with E-state index in [0.29, 0.717) is 15.7 Å². The Labute approximate surface area is 164 Å². The van der Waals surface area contributed by atoms with E-state index in [2.05, 4.69) is 20.4 Å². The Hall–Kier alpha value is -2.77. The van der Waals surface area contributed by atoms with Gasteiger partial charge in [0.1, 0.15) is 0 Å². The number of hydrogen-bond acceptors (Lipinski definition) is 5. The highest BCUT2D eigenvalue weighted by atomic mass is 35.5. The van der Waals surface area contributed by atoms with Gasteiger partial charge in [0.2, 0.25) is 0 Å². The number of aromatic nitrogens is 4. The standard InChI is InChI=1S/C19H16ClN5OS/c1-11(2)25-17-12(9-22-25)7-13(8-21-17)18(26)24-19-23-16(10-27-19)14-5-3-4-6-15(14)20/h3-11H,1-2H3,(H,23,24,26). The van der Waals surface area contributed by atoms with Crippen molar-refractivity contribution in [2.75, 3.05) is 5.32 Å². The van der Waals surface area contributed by atoms with Gasteiger partial charge in [-0.25, -0.2) is 14.6 Å². The van der Waals surface area contributed by atoms with E-state index in [1.165, 1.54) is 11.3 Å². The van der Waals surface area contributed by atoms with Crippen molar-refractivity contribution in [3.05, 3.63) is 58.7 Å². The maximum atomic E-state index is 12.6. The van der Waals surface area contributed by atoms with Crippen molar-refractivity contribution in [2.24, 2.45) is 0 Å². The minimum atomic E-state index is -0.262. The average Bonchev–Trinajstić information content (AvgIpc) is 3.28. The summed E-state index contributed by atoms with van der Waals surface area (Å²) in [6.45, 7) is 4.07. The molecule has 4 aromatic rings. The molecule has 0 radical (unpaired) electrons. The summed E-state index contributed by atoms with van der Waals surface area (Å²) in [6.07, 6.45) is 3.28. The van der Waals surface area contributed by atoms with Crippen molar-refractivity contribution >= 4 is 45.0 Å². The molecule has 0 saturated carbocycles. The number of carbonyl (C=O) groups is 1. The molecular formula is C19H16ClN5OS. The van der Waals surface area contributed by atoms with Crippen LogP contribution in [0.2, 0.25) is 5.02 Å². The van der Waals surface area contributed by atoms with Crippen LogP contribution in [0, 0.1) is 0 Å². The minimum absolute atomic E-state index is 0.202. The van der Waals surface area contributed by atoms with Crippen LogP contribution in [0.15, 0.2) is 48.1 Å². The highest BCUT2D eigenvalue weighted by Crippen LogP contribution is 2.30. The van der Waals surface area contributed by atoms with Crippen LogP contribution in [0.1, 0.15) is 30.2 Å². The molecule has 136 valence electrons. The Morgan fingerprint density at radius 1 is 1.26 bits per heavy atom. The topological polar surface area (TPSA) is 72.7 Å². The number of nitrogens with zero attached hydrogens (tertiary/aromatic N) is 4. The number of benzene rings is 1. The van der Waals surface area contributed by atoms with E-state index in [1.54, 1.807) is 18.5 Å². The van der Waals surface area contributed by atoms with Gasteiger partial charge in [0, 0.05) is 33.6 Å². The van der Waals surface area contributed by atoms with Crippen molar-refractivity contribution in [1.29, 1.82) is 0 Å². The van der Waals surface area contributed by atoms with Crippen molar-refractivity contribution in [3.63, 3.8) is 0 Å². The third-order valence-electron chi connectivity index (χ3n) is 4.06. The maximum Gasteiger partial charge on any atom is 0.259 e. The van der Waals surface area contributed by atoms with E-state index in [4.69, 9.17) is 11.6 Å². The van der Waals surface area contributed by atoms with Crippen LogP contribution in [-0.4, -0.2) is 25.7 Å². The van der Waals surface area contributed by atoms with E-state index in [-0.39, 0.29) is 11.9 Å². The van der Waals surface area contributed by atoms with Crippen LogP contribution >= 0.6 is 22.9 Å². The van der Waals surface area contributed by atoms with Gasteiger partial charge in [0.15, 0.2) is 10.8 Å². The van der Waals surface area contributed by atoms with Gasteiger partial charge in [0.05, 0.1) is 17.5 Å². The zero-order valence-corrected chi connectivity index (χ0v) is 16.3. The van der Waals surface area contributed by atoms with Crippen molar-refractivity contribution < 1.29 is 4.79 Å². The van der Waals surface area contributed by atoms with E-state index in [0.717, 1.165) is 22.3 Å². The zero-order valence-electron chi connectivity index (χ0n) is 14.7. The fourth-order valence-electron chi connectivity index (χ4n) is 2.74. The van der Waals surface area contributed by atoms with Gasteiger partial charge in [0.25, 0.3) is 5.91 Å². The molecule has 4 rings (SSSR count). The summed E-state index contributed by atoms with van der Waals surface area (Å²) in [6, 6.07) is 9.46. The van der Waals surface area contributed by atoms with Gasteiger partial charge in [-0.2, -0.15) is 5.10 Å². The van der Waals surface area contributed by atoms with E-state index in [9.17, 15) is 4.79 Å². The molecule has 0 atom stereocenters. The number of thiazole rings is 1. The lowest BCUT2D eigenvalue weighted by Crippen LogP contribution is -2.12. The van der Waals surface area contributed by atoms with Gasteiger partial charge in [-0.3, -0.25) is 10.1 Å². The molecule has 0 aliphatic carbocycles. The molecule has 27 heavy (non-hydrogen) atoms. The van der Waals surface area contributed by atoms with Crippen LogP contribution in [0.4, 0.5) is 5.13 Å². The first-order valence-corrected chi connectivity index (χ1v) is 9.64. The van der Waals surface area contributed by atoms with Gasteiger partial charge in [-0.05, 0) is 26.0 Å². The fourth-order valence-corrected chi connectivity index (χ4v) is 3.67. The number of nitrogens with one attached hydrogen (secondary N) is 1. The molecule has 0 saturated heterocycles. The second kappa shape index (κ2) is 7.09. The smallest absolute Gasteiger partial charge is 0.259 e. The number of anilines is 1. The van der Waals surface area contributed by atoms with E-state index >= 15 is 0 Å². The van der Waals surface area contributed by atoms with Gasteiger partial charge < -0.3 is 0 Å². The molecule has 0 unspecified atom stereocenters. The first-order chi connectivity index (χ1) is 13.0. The highest BCUT2D eigenvalue weighted by molar-refractivity contribution is 7.14. The Bertz CT molecular complexity index is 1130. The largest absolute Gasteiger partial charge is 0.298 e. The highest BCUT2D eigenvalue weighted by Gasteiger charge is 2.14. The van der Waals surface area contributed by atoms with E-state index < -0.39 is 0 Å². The lowest BCUT2D eigenvalue weighted by atomic mass is 10.2. The normalized spacial score (nSPS) is 11.3. The zero-order chi connectivity index (χ0) is 19.0. The third-order valence-corrected chi connectivity index (χ3v) is 5.15. The molecule has 6 nitrogen and oxygen atoms in total. The van der Waals surface area contributed by atoms with E-state index in [1.807, 2.05) is 48.2 Å². The Kier molecular flexibility index (Phi) is 4.63. The number of halogens is 1. The van der Waals surface area contributed by atoms with Crippen molar-refractivity contribution in [2.45, 2.75) is 19.9 Å². The van der Waals surface area contributed by atoms with Gasteiger partial charge in [-0.1, -0.05) is 29.8 Å². The Morgan fingerprint density at radius 2 is 2.07 bits per heavy atom. The van der Waals surface area contributed by atoms with Gasteiger partial charge in [-0.15, -0.1) is 11.3 Å². The summed E-state index contributed by atoms with van der Waals surface area (Å²) in [5, 5.41) is 11.0. The molecular weight excluding hydrogens is 382 g/mol. The maximum absolute atomic E-state index is 12.6. The molecule has 0 aliphatic heterocycles. The monoisotopic (exact) mass is 397 g/mol. The van der Waals surface area contributed by atoms with Crippen LogP contribution in [-0.2, 0) is 0 Å². The number of rotatable bonds is 4. The Balaban J connectivity index is 1.56. The summed E-state index contributed by atoms with van der Waals surface area (Å²) in [4.78, 5) is 21.4. The molecule has 3 aromatic heterocycles. The van der Waals surface area contributed by atoms with Gasteiger partial charge >= 0.3 is 0 Å². The molecule has 0 bridgehead atoms. The lowest BCUT2D eigenvalue weighted by Gasteiger charge is -2.06. The molecule has 1 N–H and O–H groups in total. The number of fused-ring (bicyclic) bond motifs is 1. The number of carbonyl (C=O) groups excluding carboxylic acids is 1. The second-order valence-corrected chi connectivity index (χ2v) is 7.56. The number of hydrogen-bond donors (Lipinski definition) is 1. The fraction of sp³-hybridized carbons (Fsp3) is 0.158. The summed E-state index contributed by atoms with van der Waals surface area (Å²) in [5.74, 6) is -0.262. The first-order valence-electron chi connectivity index (χ1n) is 8.38. The summed E-state index contributed by atoms with van der Waals surface area (Å²) in [7, 11) is 0. The quantitative estimate of drug-likeness (QED) is 0.523. The predicted octanol–water partition coefficient (Wildman–Crippen LogP) is 5.04. The van der Waals surface area contributed by atoms with Crippen LogP contribution in [0.25, 0.3) is 22.3 Å². The molecule has 0 fully saturated rings. The number of pyridine rings is 1. The minimum Gasteiger partial charge on any atom is -0.298 e. The first kappa shape index (κ1) is 17.6. The molecule has 1 aromatic carbocycles. The van der Waals surface area contributed by atoms with Crippen LogP contribution in [0.5, 0.6) is 0 Å². The van der Waals surface area contributed by atoms with Crippen molar-refractivity contribution in [1.82, 2.24) is 19.7 Å². The molecule has 3 heterocycles. The number of amides is 1.